The summed E-state index contributed by atoms with van der Waals surface area (Å²) >= 11 is 2.22. The third-order valence-electron chi connectivity index (χ3n) is 2.59. The van der Waals surface area contributed by atoms with Crippen LogP contribution in [-0.2, 0) is 0 Å². The number of unbranched alkanes of at least 4 members (excludes halogenated alkanes) is 1. The Hall–Kier alpha value is 0.350. The van der Waals surface area contributed by atoms with Gasteiger partial charge in [-0.05, 0) is 19.3 Å². The Labute approximate surface area is 81.5 Å². The standard InChI is InChI=1S/C11H21S/c1-3-4-7-10(2)12-11-8-5-6-9-11/h10-11H,1,3-9H2,2H3. The van der Waals surface area contributed by atoms with Crippen molar-refractivity contribution < 1.29 is 0 Å². The summed E-state index contributed by atoms with van der Waals surface area (Å²) in [5, 5.41) is 1.86. The molecular formula is C11H21S. The van der Waals surface area contributed by atoms with Gasteiger partial charge in [0.1, 0.15) is 0 Å². The van der Waals surface area contributed by atoms with Crippen LogP contribution in [0.1, 0.15) is 51.9 Å². The Kier molecular flexibility index (Phi) is 5.13. The topological polar surface area (TPSA) is 0 Å². The summed E-state index contributed by atoms with van der Waals surface area (Å²) in [5.74, 6) is 0. The van der Waals surface area contributed by atoms with Crippen LogP contribution in [0.15, 0.2) is 0 Å². The SMILES string of the molecule is [CH2]CCCC(C)SC1CCCC1. The first-order valence-corrected chi connectivity index (χ1v) is 6.22. The highest BCUT2D eigenvalue weighted by Gasteiger charge is 2.17. The molecular weight excluding hydrogens is 164 g/mol. The first-order chi connectivity index (χ1) is 5.83. The van der Waals surface area contributed by atoms with E-state index in [9.17, 15) is 0 Å². The highest BCUT2D eigenvalue weighted by molar-refractivity contribution is 8.00. The summed E-state index contributed by atoms with van der Waals surface area (Å²) in [7, 11) is 0. The lowest BCUT2D eigenvalue weighted by atomic mass is 10.2. The van der Waals surface area contributed by atoms with E-state index in [1.54, 1.807) is 0 Å². The molecule has 1 radical (unpaired) electrons. The van der Waals surface area contributed by atoms with Gasteiger partial charge in [0, 0.05) is 10.5 Å². The van der Waals surface area contributed by atoms with Crippen LogP contribution in [0.4, 0.5) is 0 Å². The third-order valence-corrected chi connectivity index (χ3v) is 4.14. The van der Waals surface area contributed by atoms with Gasteiger partial charge in [0.05, 0.1) is 0 Å². The van der Waals surface area contributed by atoms with Gasteiger partial charge in [0.15, 0.2) is 0 Å². The van der Waals surface area contributed by atoms with E-state index in [1.807, 2.05) is 0 Å². The Balaban J connectivity index is 2.03. The minimum absolute atomic E-state index is 0.870. The summed E-state index contributed by atoms with van der Waals surface area (Å²) < 4.78 is 0. The minimum Gasteiger partial charge on any atom is -0.155 e. The molecule has 1 saturated carbocycles. The van der Waals surface area contributed by atoms with Crippen molar-refractivity contribution in [3.05, 3.63) is 6.92 Å². The molecule has 0 nitrogen and oxygen atoms in total. The first-order valence-electron chi connectivity index (χ1n) is 5.27. The molecule has 1 aliphatic carbocycles. The maximum Gasteiger partial charge on any atom is 0.00497 e. The summed E-state index contributed by atoms with van der Waals surface area (Å²) in [6, 6.07) is 0. The molecule has 1 fully saturated rings. The van der Waals surface area contributed by atoms with Gasteiger partial charge in [-0.25, -0.2) is 0 Å². The Morgan fingerprint density at radius 2 is 2.08 bits per heavy atom. The summed E-state index contributed by atoms with van der Waals surface area (Å²) in [6.07, 6.45) is 9.67. The molecule has 1 aliphatic rings. The maximum absolute atomic E-state index is 3.88. The predicted octanol–water partition coefficient (Wildman–Crippen LogP) is 4.06. The van der Waals surface area contributed by atoms with Crippen LogP contribution in [0, 0.1) is 6.92 Å². The Morgan fingerprint density at radius 3 is 2.67 bits per heavy atom. The molecule has 0 aliphatic heterocycles. The molecule has 0 spiro atoms. The van der Waals surface area contributed by atoms with Crippen molar-refractivity contribution in [3.8, 4) is 0 Å². The lowest BCUT2D eigenvalue weighted by Crippen LogP contribution is -2.04. The van der Waals surface area contributed by atoms with E-state index in [0.29, 0.717) is 0 Å². The molecule has 0 aromatic carbocycles. The number of thioether (sulfide) groups is 1. The lowest BCUT2D eigenvalue weighted by molar-refractivity contribution is 0.734. The summed E-state index contributed by atoms with van der Waals surface area (Å²) in [4.78, 5) is 0. The molecule has 0 saturated heterocycles. The maximum atomic E-state index is 3.88. The van der Waals surface area contributed by atoms with Gasteiger partial charge in [0.2, 0.25) is 0 Å². The molecule has 1 heteroatoms. The Bertz CT molecular complexity index is 106. The zero-order valence-corrected chi connectivity index (χ0v) is 9.04. The zero-order valence-electron chi connectivity index (χ0n) is 8.22. The highest BCUT2D eigenvalue weighted by atomic mass is 32.2. The van der Waals surface area contributed by atoms with E-state index in [0.717, 1.165) is 16.9 Å². The lowest BCUT2D eigenvalue weighted by Gasteiger charge is -2.15. The van der Waals surface area contributed by atoms with Crippen molar-refractivity contribution in [2.75, 3.05) is 0 Å². The fourth-order valence-electron chi connectivity index (χ4n) is 1.85. The summed E-state index contributed by atoms with van der Waals surface area (Å²) in [6.45, 7) is 6.25. The van der Waals surface area contributed by atoms with Crippen LogP contribution in [0.2, 0.25) is 0 Å². The molecule has 0 aromatic rings. The van der Waals surface area contributed by atoms with Gasteiger partial charge in [-0.1, -0.05) is 39.5 Å². The molecule has 0 bridgehead atoms. The van der Waals surface area contributed by atoms with Crippen LogP contribution < -0.4 is 0 Å². The van der Waals surface area contributed by atoms with Crippen LogP contribution >= 0.6 is 11.8 Å². The van der Waals surface area contributed by atoms with Crippen molar-refractivity contribution >= 4 is 11.8 Å². The van der Waals surface area contributed by atoms with E-state index >= 15 is 0 Å². The van der Waals surface area contributed by atoms with Gasteiger partial charge in [-0.3, -0.25) is 0 Å². The average molecular weight is 185 g/mol. The molecule has 0 N–H and O–H groups in total. The van der Waals surface area contributed by atoms with Crippen molar-refractivity contribution in [2.45, 2.75) is 62.4 Å². The largest absolute Gasteiger partial charge is 0.155 e. The number of rotatable bonds is 5. The molecule has 71 valence electrons. The average Bonchev–Trinajstić information content (AvgIpc) is 2.53. The molecule has 1 unspecified atom stereocenters. The van der Waals surface area contributed by atoms with Crippen molar-refractivity contribution in [3.63, 3.8) is 0 Å². The monoisotopic (exact) mass is 185 g/mol. The van der Waals surface area contributed by atoms with Crippen LogP contribution in [0.5, 0.6) is 0 Å². The minimum atomic E-state index is 0.870. The van der Waals surface area contributed by atoms with E-state index in [-0.39, 0.29) is 0 Å². The van der Waals surface area contributed by atoms with Gasteiger partial charge >= 0.3 is 0 Å². The number of hydrogen-bond donors (Lipinski definition) is 0. The molecule has 0 heterocycles. The van der Waals surface area contributed by atoms with Gasteiger partial charge in [0.25, 0.3) is 0 Å². The van der Waals surface area contributed by atoms with Gasteiger partial charge in [-0.15, -0.1) is 0 Å². The molecule has 0 aromatic heterocycles. The summed E-state index contributed by atoms with van der Waals surface area (Å²) in [5.41, 5.74) is 0. The molecule has 12 heavy (non-hydrogen) atoms. The second kappa shape index (κ2) is 5.90. The normalized spacial score (nSPS) is 21.5. The Morgan fingerprint density at radius 1 is 1.42 bits per heavy atom. The molecule has 1 rings (SSSR count). The third kappa shape index (κ3) is 3.84. The van der Waals surface area contributed by atoms with E-state index in [2.05, 4.69) is 25.6 Å². The molecule has 1 atom stereocenters. The van der Waals surface area contributed by atoms with Crippen LogP contribution in [0.25, 0.3) is 0 Å². The van der Waals surface area contributed by atoms with Crippen molar-refractivity contribution in [2.24, 2.45) is 0 Å². The smallest absolute Gasteiger partial charge is 0.00497 e. The highest BCUT2D eigenvalue weighted by Crippen LogP contribution is 2.33. The second-order valence-electron chi connectivity index (χ2n) is 3.85. The fraction of sp³-hybridized carbons (Fsp3) is 0.909. The fourth-order valence-corrected chi connectivity index (χ4v) is 3.42. The van der Waals surface area contributed by atoms with E-state index < -0.39 is 0 Å². The predicted molar refractivity (Wildman–Crippen MR) is 58.5 cm³/mol. The van der Waals surface area contributed by atoms with Crippen molar-refractivity contribution in [1.29, 1.82) is 0 Å². The molecule has 0 amide bonds. The number of hydrogen-bond acceptors (Lipinski definition) is 1. The van der Waals surface area contributed by atoms with Gasteiger partial charge < -0.3 is 0 Å². The van der Waals surface area contributed by atoms with Crippen LogP contribution in [-0.4, -0.2) is 10.5 Å². The van der Waals surface area contributed by atoms with Crippen LogP contribution in [0.3, 0.4) is 0 Å². The van der Waals surface area contributed by atoms with Gasteiger partial charge in [-0.2, -0.15) is 11.8 Å². The van der Waals surface area contributed by atoms with E-state index in [1.165, 1.54) is 38.5 Å². The second-order valence-corrected chi connectivity index (χ2v) is 5.59. The quantitative estimate of drug-likeness (QED) is 0.622. The first kappa shape index (κ1) is 10.4. The zero-order chi connectivity index (χ0) is 8.81. The van der Waals surface area contributed by atoms with E-state index in [4.69, 9.17) is 0 Å². The van der Waals surface area contributed by atoms with Crippen molar-refractivity contribution in [1.82, 2.24) is 0 Å².